The molecule has 88 valence electrons. The zero-order valence-electron chi connectivity index (χ0n) is 8.33. The molecule has 0 fully saturated rings. The van der Waals surface area contributed by atoms with Crippen molar-refractivity contribution in [1.29, 1.82) is 0 Å². The van der Waals surface area contributed by atoms with Crippen LogP contribution in [0.15, 0.2) is 15.2 Å². The monoisotopic (exact) mass is 417 g/mol. The van der Waals surface area contributed by atoms with Crippen molar-refractivity contribution in [3.05, 3.63) is 20.8 Å². The van der Waals surface area contributed by atoms with Gasteiger partial charge in [0.2, 0.25) is 0 Å². The minimum atomic E-state index is -0.367. The van der Waals surface area contributed by atoms with Gasteiger partial charge in [-0.15, -0.1) is 11.3 Å². The van der Waals surface area contributed by atoms with E-state index in [0.717, 1.165) is 3.79 Å². The van der Waals surface area contributed by atoms with Crippen molar-refractivity contribution in [1.82, 2.24) is 5.32 Å². The first-order chi connectivity index (χ1) is 7.54. The summed E-state index contributed by atoms with van der Waals surface area (Å²) in [4.78, 5) is 22.7. The van der Waals surface area contributed by atoms with Crippen LogP contribution in [0.1, 0.15) is 10.4 Å². The summed E-state index contributed by atoms with van der Waals surface area (Å²) in [6.45, 7) is 0.263. The maximum absolute atomic E-state index is 11.6. The average molecular weight is 418 g/mol. The minimum Gasteiger partial charge on any atom is -0.468 e. The van der Waals surface area contributed by atoms with Gasteiger partial charge >= 0.3 is 5.97 Å². The number of nitrogens with one attached hydrogen (secondary N) is 1. The Morgan fingerprint density at radius 3 is 2.88 bits per heavy atom. The highest BCUT2D eigenvalue weighted by atomic mass is 127. The third-order valence-corrected chi connectivity index (χ3v) is 4.18. The lowest BCUT2D eigenvalue weighted by Crippen LogP contribution is -2.33. The largest absolute Gasteiger partial charge is 0.468 e. The second kappa shape index (κ2) is 6.55. The number of thiophene rings is 1. The molecule has 0 bridgehead atoms. The molecule has 0 aliphatic heterocycles. The van der Waals surface area contributed by atoms with Crippen molar-refractivity contribution in [3.63, 3.8) is 0 Å². The molecule has 0 radical (unpaired) electrons. The van der Waals surface area contributed by atoms with E-state index in [-0.39, 0.29) is 22.3 Å². The van der Waals surface area contributed by atoms with Crippen molar-refractivity contribution in [2.45, 2.75) is 3.92 Å². The lowest BCUT2D eigenvalue weighted by molar-refractivity contribution is -0.139. The smallest absolute Gasteiger partial charge is 0.320 e. The Hall–Kier alpha value is -0.150. The molecule has 1 N–H and O–H groups in total. The lowest BCUT2D eigenvalue weighted by Gasteiger charge is -2.08. The maximum Gasteiger partial charge on any atom is 0.320 e. The number of carbonyl (C=O) groups is 2. The molecule has 1 atom stereocenters. The molecule has 0 saturated carbocycles. The number of hydrogen-bond acceptors (Lipinski definition) is 4. The molecule has 0 spiro atoms. The summed E-state index contributed by atoms with van der Waals surface area (Å²) in [5.74, 6) is -0.528. The molecular formula is C9H9BrINO3S. The number of rotatable bonds is 4. The summed E-state index contributed by atoms with van der Waals surface area (Å²) in [6.07, 6.45) is 0. The molecule has 1 rings (SSSR count). The van der Waals surface area contributed by atoms with Crippen LogP contribution in [-0.4, -0.2) is 29.5 Å². The molecule has 1 aromatic heterocycles. The molecular weight excluding hydrogens is 409 g/mol. The third-order valence-electron chi connectivity index (χ3n) is 1.73. The second-order valence-electron chi connectivity index (χ2n) is 2.84. The fourth-order valence-electron chi connectivity index (χ4n) is 0.925. The highest BCUT2D eigenvalue weighted by Crippen LogP contribution is 2.20. The van der Waals surface area contributed by atoms with Crippen LogP contribution >= 0.6 is 49.9 Å². The van der Waals surface area contributed by atoms with E-state index in [1.54, 1.807) is 11.4 Å². The first-order valence-electron chi connectivity index (χ1n) is 4.28. The third kappa shape index (κ3) is 4.02. The molecule has 7 heteroatoms. The van der Waals surface area contributed by atoms with Crippen LogP contribution in [0.25, 0.3) is 0 Å². The van der Waals surface area contributed by atoms with Gasteiger partial charge in [-0.3, -0.25) is 9.59 Å². The summed E-state index contributed by atoms with van der Waals surface area (Å²) < 4.78 is 5.08. The fourth-order valence-corrected chi connectivity index (χ4v) is 2.54. The minimum absolute atomic E-state index is 0.187. The van der Waals surface area contributed by atoms with Crippen molar-refractivity contribution >= 4 is 61.7 Å². The zero-order valence-corrected chi connectivity index (χ0v) is 12.9. The van der Waals surface area contributed by atoms with Crippen LogP contribution in [0.3, 0.4) is 0 Å². The number of carbonyl (C=O) groups excluding carboxylic acids is 2. The number of methoxy groups -OCH3 is 1. The molecule has 16 heavy (non-hydrogen) atoms. The van der Waals surface area contributed by atoms with Gasteiger partial charge in [-0.2, -0.15) is 0 Å². The second-order valence-corrected chi connectivity index (χ2v) is 6.63. The van der Waals surface area contributed by atoms with Gasteiger partial charge in [0.25, 0.3) is 5.91 Å². The van der Waals surface area contributed by atoms with Crippen LogP contribution in [0, 0.1) is 0 Å². The Morgan fingerprint density at radius 2 is 2.38 bits per heavy atom. The number of amides is 1. The summed E-state index contributed by atoms with van der Waals surface area (Å²) in [5.41, 5.74) is 0.588. The van der Waals surface area contributed by atoms with Crippen molar-refractivity contribution in [3.8, 4) is 0 Å². The van der Waals surface area contributed by atoms with E-state index in [1.165, 1.54) is 18.4 Å². The summed E-state index contributed by atoms with van der Waals surface area (Å²) in [6, 6.07) is 1.74. The Bertz CT molecular complexity index is 396. The van der Waals surface area contributed by atoms with Crippen LogP contribution in [0.2, 0.25) is 0 Å². The van der Waals surface area contributed by atoms with Crippen LogP contribution in [-0.2, 0) is 9.53 Å². The number of hydrogen-bond donors (Lipinski definition) is 1. The fraction of sp³-hybridized carbons (Fsp3) is 0.333. The Balaban J connectivity index is 2.44. The molecule has 4 nitrogen and oxygen atoms in total. The first-order valence-corrected chi connectivity index (χ1v) is 7.20. The molecule has 1 heterocycles. The number of ether oxygens (including phenoxy) is 1. The Kier molecular flexibility index (Phi) is 5.70. The van der Waals surface area contributed by atoms with E-state index < -0.39 is 0 Å². The molecule has 1 unspecified atom stereocenters. The predicted molar refractivity (Wildman–Crippen MR) is 74.2 cm³/mol. The van der Waals surface area contributed by atoms with Crippen molar-refractivity contribution in [2.75, 3.05) is 13.7 Å². The molecule has 1 amide bonds. The topological polar surface area (TPSA) is 55.4 Å². The lowest BCUT2D eigenvalue weighted by atomic mass is 10.3. The van der Waals surface area contributed by atoms with Crippen LogP contribution in [0.5, 0.6) is 0 Å². The van der Waals surface area contributed by atoms with E-state index in [4.69, 9.17) is 0 Å². The van der Waals surface area contributed by atoms with Crippen LogP contribution in [0.4, 0.5) is 0 Å². The van der Waals surface area contributed by atoms with Gasteiger partial charge in [-0.1, -0.05) is 22.6 Å². The standard InChI is InChI=1S/C9H9BrINO3S/c1-15-9(14)6(11)3-12-8(13)5-2-7(10)16-4-5/h2,4,6H,3H2,1H3,(H,12,13). The summed E-state index contributed by atoms with van der Waals surface area (Å²) in [7, 11) is 1.33. The quantitative estimate of drug-likeness (QED) is 0.464. The average Bonchev–Trinajstić information content (AvgIpc) is 2.71. The van der Waals surface area contributed by atoms with Gasteiger partial charge in [0.05, 0.1) is 16.5 Å². The molecule has 1 aromatic rings. The van der Waals surface area contributed by atoms with Gasteiger partial charge in [-0.05, 0) is 22.0 Å². The Morgan fingerprint density at radius 1 is 1.69 bits per heavy atom. The highest BCUT2D eigenvalue weighted by molar-refractivity contribution is 14.1. The van der Waals surface area contributed by atoms with Crippen molar-refractivity contribution in [2.24, 2.45) is 0 Å². The normalized spacial score (nSPS) is 11.9. The van der Waals surface area contributed by atoms with E-state index in [2.05, 4.69) is 26.0 Å². The number of alkyl halides is 1. The zero-order chi connectivity index (χ0) is 12.1. The van der Waals surface area contributed by atoms with Gasteiger partial charge in [0.15, 0.2) is 0 Å². The van der Waals surface area contributed by atoms with E-state index in [1.807, 2.05) is 22.6 Å². The van der Waals surface area contributed by atoms with E-state index in [0.29, 0.717) is 5.56 Å². The molecule has 0 saturated heterocycles. The predicted octanol–water partition coefficient (Wildman–Crippen LogP) is 2.22. The Labute approximate surface area is 119 Å². The van der Waals surface area contributed by atoms with E-state index >= 15 is 0 Å². The SMILES string of the molecule is COC(=O)C(I)CNC(=O)c1csc(Br)c1. The van der Waals surface area contributed by atoms with E-state index in [9.17, 15) is 9.59 Å². The summed E-state index contributed by atoms with van der Waals surface area (Å²) >= 11 is 6.65. The molecule has 0 aliphatic carbocycles. The van der Waals surface area contributed by atoms with Gasteiger partial charge in [0.1, 0.15) is 3.92 Å². The molecule has 0 aromatic carbocycles. The summed E-state index contributed by atoms with van der Waals surface area (Å²) in [5, 5.41) is 4.42. The highest BCUT2D eigenvalue weighted by Gasteiger charge is 2.16. The number of halogens is 2. The van der Waals surface area contributed by atoms with Crippen molar-refractivity contribution < 1.29 is 14.3 Å². The van der Waals surface area contributed by atoms with Crippen LogP contribution < -0.4 is 5.32 Å². The number of esters is 1. The van der Waals surface area contributed by atoms with Gasteiger partial charge < -0.3 is 10.1 Å². The van der Waals surface area contributed by atoms with Gasteiger partial charge in [0, 0.05) is 11.9 Å². The maximum atomic E-state index is 11.6. The molecule has 0 aliphatic rings. The van der Waals surface area contributed by atoms with Gasteiger partial charge in [-0.25, -0.2) is 0 Å². The first kappa shape index (κ1) is 13.9.